The largest absolute Gasteiger partial charge is 0.367 e. The van der Waals surface area contributed by atoms with Crippen molar-refractivity contribution < 1.29 is 4.39 Å². The van der Waals surface area contributed by atoms with E-state index in [2.05, 4.69) is 33.4 Å². The molecule has 140 valence electrons. The van der Waals surface area contributed by atoms with Crippen LogP contribution in [0.15, 0.2) is 43.1 Å². The molecule has 4 rings (SSSR count). The third-order valence-electron chi connectivity index (χ3n) is 5.09. The zero-order chi connectivity index (χ0) is 18.8. The molecule has 6 heteroatoms. The Kier molecular flexibility index (Phi) is 4.90. The molecule has 0 aliphatic carbocycles. The molecule has 3 heterocycles. The summed E-state index contributed by atoms with van der Waals surface area (Å²) >= 11 is 0. The van der Waals surface area contributed by atoms with Crippen LogP contribution in [0.25, 0.3) is 23.0 Å². The number of rotatable bonds is 5. The van der Waals surface area contributed by atoms with Crippen LogP contribution >= 0.6 is 0 Å². The van der Waals surface area contributed by atoms with E-state index in [0.717, 1.165) is 61.7 Å². The summed E-state index contributed by atoms with van der Waals surface area (Å²) in [6.07, 6.45) is 4.57. The van der Waals surface area contributed by atoms with Gasteiger partial charge >= 0.3 is 0 Å². The molecule has 5 nitrogen and oxygen atoms in total. The van der Waals surface area contributed by atoms with Crippen molar-refractivity contribution in [3.05, 3.63) is 54.6 Å². The van der Waals surface area contributed by atoms with Crippen molar-refractivity contribution in [3.8, 4) is 11.3 Å². The van der Waals surface area contributed by atoms with Gasteiger partial charge in [-0.3, -0.25) is 4.90 Å². The first-order valence-electron chi connectivity index (χ1n) is 9.44. The number of piperazine rings is 1. The lowest BCUT2D eigenvalue weighted by Crippen LogP contribution is -2.46. The van der Waals surface area contributed by atoms with Crippen LogP contribution in [0.5, 0.6) is 0 Å². The maximum Gasteiger partial charge on any atom is 0.154 e. The van der Waals surface area contributed by atoms with E-state index >= 15 is 0 Å². The topological polar surface area (TPSA) is 36.7 Å². The fourth-order valence-electron chi connectivity index (χ4n) is 3.64. The first-order chi connectivity index (χ1) is 13.2. The van der Waals surface area contributed by atoms with E-state index in [0.29, 0.717) is 5.69 Å². The summed E-state index contributed by atoms with van der Waals surface area (Å²) in [6.45, 7) is 10.7. The minimum Gasteiger partial charge on any atom is -0.367 e. The van der Waals surface area contributed by atoms with Gasteiger partial charge in [0, 0.05) is 31.7 Å². The van der Waals surface area contributed by atoms with Gasteiger partial charge in [-0.25, -0.2) is 13.9 Å². The zero-order valence-electron chi connectivity index (χ0n) is 15.6. The molecule has 1 aliphatic rings. The van der Waals surface area contributed by atoms with Gasteiger partial charge in [0.1, 0.15) is 5.82 Å². The fraction of sp³-hybridized carbons (Fsp3) is 0.333. The van der Waals surface area contributed by atoms with E-state index in [4.69, 9.17) is 0 Å². The Labute approximate surface area is 158 Å². The molecule has 0 spiro atoms. The zero-order valence-corrected chi connectivity index (χ0v) is 15.6. The molecule has 0 radical (unpaired) electrons. The van der Waals surface area contributed by atoms with E-state index in [1.807, 2.05) is 24.3 Å². The highest BCUT2D eigenvalue weighted by Crippen LogP contribution is 2.27. The molecule has 1 aromatic carbocycles. The van der Waals surface area contributed by atoms with Gasteiger partial charge in [-0.1, -0.05) is 19.6 Å². The Morgan fingerprint density at radius 3 is 2.67 bits per heavy atom. The van der Waals surface area contributed by atoms with Crippen LogP contribution in [0.2, 0.25) is 0 Å². The summed E-state index contributed by atoms with van der Waals surface area (Å²) < 4.78 is 16.6. The molecule has 1 aliphatic heterocycles. The van der Waals surface area contributed by atoms with Crippen molar-refractivity contribution in [2.45, 2.75) is 13.3 Å². The van der Waals surface area contributed by atoms with Crippen molar-refractivity contribution in [2.75, 3.05) is 37.6 Å². The number of nitrogens with zero attached hydrogens (tertiary/aromatic N) is 5. The molecule has 0 amide bonds. The molecule has 2 aromatic heterocycles. The Balaban J connectivity index is 1.60. The summed E-state index contributed by atoms with van der Waals surface area (Å²) in [5.41, 5.74) is 3.69. The second kappa shape index (κ2) is 7.48. The molecular weight excluding hydrogens is 341 g/mol. The van der Waals surface area contributed by atoms with Crippen LogP contribution in [-0.4, -0.2) is 52.2 Å². The van der Waals surface area contributed by atoms with Gasteiger partial charge in [0.25, 0.3) is 0 Å². The van der Waals surface area contributed by atoms with Crippen molar-refractivity contribution in [3.63, 3.8) is 0 Å². The first kappa shape index (κ1) is 17.7. The maximum atomic E-state index is 14.9. The lowest BCUT2D eigenvalue weighted by Gasteiger charge is -2.36. The minimum absolute atomic E-state index is 0.203. The van der Waals surface area contributed by atoms with Crippen molar-refractivity contribution in [2.24, 2.45) is 0 Å². The number of hydrogen-bond acceptors (Lipinski definition) is 4. The van der Waals surface area contributed by atoms with Gasteiger partial charge in [0.2, 0.25) is 0 Å². The summed E-state index contributed by atoms with van der Waals surface area (Å²) in [5, 5.41) is 4.50. The van der Waals surface area contributed by atoms with Crippen LogP contribution in [0.1, 0.15) is 19.0 Å². The molecular formula is C21H24FN5. The van der Waals surface area contributed by atoms with Gasteiger partial charge in [0.05, 0.1) is 23.3 Å². The van der Waals surface area contributed by atoms with E-state index in [-0.39, 0.29) is 5.82 Å². The highest BCUT2D eigenvalue weighted by Gasteiger charge is 2.19. The average Bonchev–Trinajstić information content (AvgIpc) is 3.12. The summed E-state index contributed by atoms with van der Waals surface area (Å²) in [5.74, 6) is -0.203. The van der Waals surface area contributed by atoms with Crippen LogP contribution in [0.4, 0.5) is 10.1 Å². The van der Waals surface area contributed by atoms with Crippen LogP contribution in [0, 0.1) is 5.82 Å². The third kappa shape index (κ3) is 3.45. The van der Waals surface area contributed by atoms with E-state index in [1.165, 1.54) is 0 Å². The SMILES string of the molecule is C=Cc1ccc2ncc(-c3ccc(N4CCN(CCC)CC4)c(F)c3)n2n1. The molecule has 0 saturated carbocycles. The standard InChI is InChI=1S/C21H24FN5/c1-3-9-25-10-12-26(13-11-25)19-7-5-16(14-18(19)22)20-15-23-21-8-6-17(4-2)24-27(20)21/h4-8,14-15H,2-3,9-13H2,1H3. The van der Waals surface area contributed by atoms with Crippen LogP contribution in [0.3, 0.4) is 0 Å². The third-order valence-corrected chi connectivity index (χ3v) is 5.09. The predicted molar refractivity (Wildman–Crippen MR) is 107 cm³/mol. The van der Waals surface area contributed by atoms with E-state index < -0.39 is 0 Å². The normalized spacial score (nSPS) is 15.4. The average molecular weight is 365 g/mol. The first-order valence-corrected chi connectivity index (χ1v) is 9.44. The molecule has 0 N–H and O–H groups in total. The summed E-state index contributed by atoms with van der Waals surface area (Å²) in [6, 6.07) is 9.15. The highest BCUT2D eigenvalue weighted by atomic mass is 19.1. The number of aromatic nitrogens is 3. The number of hydrogen-bond donors (Lipinski definition) is 0. The number of benzene rings is 1. The highest BCUT2D eigenvalue weighted by molar-refractivity contribution is 5.66. The molecule has 0 atom stereocenters. The van der Waals surface area contributed by atoms with Crippen molar-refractivity contribution in [1.29, 1.82) is 0 Å². The number of halogens is 1. The van der Waals surface area contributed by atoms with Gasteiger partial charge in [-0.2, -0.15) is 5.10 Å². The maximum absolute atomic E-state index is 14.9. The van der Waals surface area contributed by atoms with Gasteiger partial charge in [-0.15, -0.1) is 0 Å². The summed E-state index contributed by atoms with van der Waals surface area (Å²) in [7, 11) is 0. The lowest BCUT2D eigenvalue weighted by molar-refractivity contribution is 0.258. The lowest BCUT2D eigenvalue weighted by atomic mass is 10.1. The Hall–Kier alpha value is -2.73. The predicted octanol–water partition coefficient (Wildman–Crippen LogP) is 3.71. The molecule has 0 unspecified atom stereocenters. The smallest absolute Gasteiger partial charge is 0.154 e. The fourth-order valence-corrected chi connectivity index (χ4v) is 3.64. The molecule has 1 fully saturated rings. The monoisotopic (exact) mass is 365 g/mol. The number of imidazole rings is 1. The van der Waals surface area contributed by atoms with Crippen molar-refractivity contribution in [1.82, 2.24) is 19.5 Å². The van der Waals surface area contributed by atoms with Gasteiger partial charge in [-0.05, 0) is 43.3 Å². The quantitative estimate of drug-likeness (QED) is 0.691. The Morgan fingerprint density at radius 1 is 1.15 bits per heavy atom. The Morgan fingerprint density at radius 2 is 1.96 bits per heavy atom. The molecule has 3 aromatic rings. The number of anilines is 1. The number of fused-ring (bicyclic) bond motifs is 1. The second-order valence-corrected chi connectivity index (χ2v) is 6.87. The van der Waals surface area contributed by atoms with Crippen molar-refractivity contribution >= 4 is 17.4 Å². The molecule has 0 bridgehead atoms. The minimum atomic E-state index is -0.203. The van der Waals surface area contributed by atoms with Gasteiger partial charge in [0.15, 0.2) is 5.65 Å². The Bertz CT molecular complexity index is 956. The van der Waals surface area contributed by atoms with Crippen LogP contribution < -0.4 is 4.90 Å². The van der Waals surface area contributed by atoms with E-state index in [1.54, 1.807) is 22.9 Å². The van der Waals surface area contributed by atoms with E-state index in [9.17, 15) is 4.39 Å². The molecule has 1 saturated heterocycles. The van der Waals surface area contributed by atoms with Crippen LogP contribution in [-0.2, 0) is 0 Å². The van der Waals surface area contributed by atoms with Gasteiger partial charge < -0.3 is 4.90 Å². The molecule has 27 heavy (non-hydrogen) atoms. The second-order valence-electron chi connectivity index (χ2n) is 6.87. The summed E-state index contributed by atoms with van der Waals surface area (Å²) in [4.78, 5) is 8.93.